The largest absolute Gasteiger partial charge is 0.271 e. The van der Waals surface area contributed by atoms with Crippen LogP contribution < -0.4 is 4.90 Å². The van der Waals surface area contributed by atoms with Crippen LogP contribution in [0.1, 0.15) is 48.9 Å². The molecule has 1 saturated carbocycles. The highest BCUT2D eigenvalue weighted by molar-refractivity contribution is 6.36. The Morgan fingerprint density at radius 2 is 1.64 bits per heavy atom. The average molecular weight is 710 g/mol. The third kappa shape index (κ3) is 5.73. The summed E-state index contributed by atoms with van der Waals surface area (Å²) in [6.45, 7) is 1.71. The molecule has 47 heavy (non-hydrogen) atoms. The highest BCUT2D eigenvalue weighted by Gasteiger charge is 2.55. The summed E-state index contributed by atoms with van der Waals surface area (Å²) in [5, 5.41) is 17.8. The number of carbonyl (C=O) groups is 3. The summed E-state index contributed by atoms with van der Waals surface area (Å²) in [6, 6.07) is 15.2. The van der Waals surface area contributed by atoms with E-state index in [1.165, 1.54) is 10.0 Å². The molecule has 240 valence electrons. The predicted molar refractivity (Wildman–Crippen MR) is 183 cm³/mol. The normalized spacial score (nSPS) is 24.3. The zero-order valence-electron chi connectivity index (χ0n) is 25.1. The third-order valence-corrected chi connectivity index (χ3v) is 10.2. The predicted octanol–water partition coefficient (Wildman–Crippen LogP) is 7.98. The highest BCUT2D eigenvalue weighted by Crippen LogP contribution is 2.47. The Hall–Kier alpha value is -3.76. The maximum atomic E-state index is 14.2. The molecule has 1 aliphatic carbocycles. The number of nitrogens with zero attached hydrogens (tertiary/aromatic N) is 6. The zero-order chi connectivity index (χ0) is 33.0. The van der Waals surface area contributed by atoms with Gasteiger partial charge in [-0.15, -0.1) is 0 Å². The maximum Gasteiger partial charge on any atom is 0.264 e. The van der Waals surface area contributed by atoms with Crippen LogP contribution in [0.2, 0.25) is 20.1 Å². The van der Waals surface area contributed by atoms with Gasteiger partial charge >= 0.3 is 0 Å². The lowest BCUT2D eigenvalue weighted by molar-refractivity contribution is -0.136. The van der Waals surface area contributed by atoms with E-state index in [1.807, 2.05) is 37.3 Å². The van der Waals surface area contributed by atoms with Crippen molar-refractivity contribution in [3.05, 3.63) is 103 Å². The molecule has 3 heterocycles. The van der Waals surface area contributed by atoms with Crippen LogP contribution in [0.3, 0.4) is 0 Å². The van der Waals surface area contributed by atoms with E-state index in [0.717, 1.165) is 53.0 Å². The van der Waals surface area contributed by atoms with Crippen molar-refractivity contribution < 1.29 is 14.4 Å². The van der Waals surface area contributed by atoms with E-state index in [0.29, 0.717) is 31.3 Å². The third-order valence-electron chi connectivity index (χ3n) is 9.09. The van der Waals surface area contributed by atoms with E-state index in [9.17, 15) is 14.4 Å². The number of hydrazone groups is 1. The Balaban J connectivity index is 1.20. The number of imide groups is 1. The van der Waals surface area contributed by atoms with Crippen molar-refractivity contribution in [3.8, 4) is 0 Å². The lowest BCUT2D eigenvalue weighted by Crippen LogP contribution is -2.45. The number of hydrogen-bond acceptors (Lipinski definition) is 7. The molecule has 4 aliphatic rings. The minimum atomic E-state index is -1.03. The molecule has 4 atom stereocenters. The van der Waals surface area contributed by atoms with Crippen molar-refractivity contribution >= 4 is 81.6 Å². The molecule has 3 aliphatic heterocycles. The Kier molecular flexibility index (Phi) is 8.59. The smallest absolute Gasteiger partial charge is 0.264 e. The fourth-order valence-corrected chi connectivity index (χ4v) is 7.75. The monoisotopic (exact) mass is 708 g/mol. The van der Waals surface area contributed by atoms with Crippen molar-refractivity contribution in [2.24, 2.45) is 21.4 Å². The maximum absolute atomic E-state index is 14.2. The minimum absolute atomic E-state index is 0.159. The molecule has 13 heteroatoms. The first-order chi connectivity index (χ1) is 22.6. The van der Waals surface area contributed by atoms with Crippen LogP contribution in [0.15, 0.2) is 81.7 Å². The van der Waals surface area contributed by atoms with Crippen LogP contribution >= 0.6 is 46.4 Å². The molecule has 9 nitrogen and oxygen atoms in total. The van der Waals surface area contributed by atoms with Crippen LogP contribution in [0.5, 0.6) is 0 Å². The molecule has 3 amide bonds. The summed E-state index contributed by atoms with van der Waals surface area (Å²) in [4.78, 5) is 42.3. The summed E-state index contributed by atoms with van der Waals surface area (Å²) in [6.07, 6.45) is 5.19. The summed E-state index contributed by atoms with van der Waals surface area (Å²) in [5.41, 5.74) is 4.76. The van der Waals surface area contributed by atoms with E-state index in [-0.39, 0.29) is 12.5 Å². The van der Waals surface area contributed by atoms with Gasteiger partial charge in [0.2, 0.25) is 0 Å². The van der Waals surface area contributed by atoms with Gasteiger partial charge in [0.05, 0.1) is 17.4 Å². The van der Waals surface area contributed by atoms with E-state index in [1.54, 1.807) is 36.4 Å². The zero-order valence-corrected chi connectivity index (χ0v) is 28.1. The van der Waals surface area contributed by atoms with Gasteiger partial charge in [-0.25, -0.2) is 9.91 Å². The summed E-state index contributed by atoms with van der Waals surface area (Å²) in [7, 11) is 0. The Bertz CT molecular complexity index is 1890. The van der Waals surface area contributed by atoms with Crippen molar-refractivity contribution in [1.82, 2.24) is 10.0 Å². The molecule has 0 spiro atoms. The molecule has 7 rings (SSSR count). The first-order valence-corrected chi connectivity index (χ1v) is 16.8. The average Bonchev–Trinajstić information content (AvgIpc) is 3.72. The van der Waals surface area contributed by atoms with Gasteiger partial charge in [0, 0.05) is 26.0 Å². The molecule has 0 unspecified atom stereocenters. The van der Waals surface area contributed by atoms with Gasteiger partial charge in [0.15, 0.2) is 12.1 Å². The van der Waals surface area contributed by atoms with Crippen LogP contribution in [0, 0.1) is 5.92 Å². The van der Waals surface area contributed by atoms with Crippen LogP contribution in [-0.2, 0) is 20.8 Å². The number of anilines is 1. The second kappa shape index (κ2) is 12.7. The minimum Gasteiger partial charge on any atom is -0.271 e. The molecular weight excluding hydrogens is 682 g/mol. The van der Waals surface area contributed by atoms with Gasteiger partial charge in [-0.2, -0.15) is 10.2 Å². The number of allylic oxidation sites excluding steroid dienone is 1. The van der Waals surface area contributed by atoms with E-state index < -0.39 is 35.8 Å². The van der Waals surface area contributed by atoms with Crippen molar-refractivity contribution in [3.63, 3.8) is 0 Å². The lowest BCUT2D eigenvalue weighted by atomic mass is 9.77. The molecule has 0 aromatic heterocycles. The molecule has 0 bridgehead atoms. The fraction of sp³-hybridized carbons (Fsp3) is 0.294. The summed E-state index contributed by atoms with van der Waals surface area (Å²) in [5.74, 6) is -1.53. The number of benzene rings is 3. The molecule has 3 aromatic carbocycles. The van der Waals surface area contributed by atoms with Gasteiger partial charge < -0.3 is 0 Å². The van der Waals surface area contributed by atoms with E-state index in [4.69, 9.17) is 51.5 Å². The van der Waals surface area contributed by atoms with E-state index >= 15 is 0 Å². The molecule has 0 N–H and O–H groups in total. The van der Waals surface area contributed by atoms with Crippen molar-refractivity contribution in [1.29, 1.82) is 0 Å². The summed E-state index contributed by atoms with van der Waals surface area (Å²) >= 11 is 25.6. The second-order valence-corrected chi connectivity index (χ2v) is 13.6. The van der Waals surface area contributed by atoms with Gasteiger partial charge in [0.1, 0.15) is 6.54 Å². The molecule has 1 saturated heterocycles. The van der Waals surface area contributed by atoms with Crippen molar-refractivity contribution in [2.75, 3.05) is 11.4 Å². The van der Waals surface area contributed by atoms with Gasteiger partial charge in [-0.05, 0) is 90.4 Å². The summed E-state index contributed by atoms with van der Waals surface area (Å²) < 4.78 is 0. The van der Waals surface area contributed by atoms with Crippen LogP contribution in [-0.4, -0.2) is 52.1 Å². The quantitative estimate of drug-likeness (QED) is 0.243. The number of amides is 3. The number of rotatable bonds is 6. The Morgan fingerprint density at radius 1 is 0.915 bits per heavy atom. The van der Waals surface area contributed by atoms with Crippen LogP contribution in [0.25, 0.3) is 6.08 Å². The molecule has 3 aromatic rings. The number of halogens is 4. The highest BCUT2D eigenvalue weighted by atomic mass is 35.5. The topological polar surface area (TPSA) is 98.0 Å². The molecule has 2 fully saturated rings. The number of hydrogen-bond donors (Lipinski definition) is 0. The van der Waals surface area contributed by atoms with Gasteiger partial charge in [0.25, 0.3) is 17.7 Å². The van der Waals surface area contributed by atoms with Gasteiger partial charge in [-0.1, -0.05) is 82.8 Å². The van der Waals surface area contributed by atoms with E-state index in [2.05, 4.69) is 10.3 Å². The SMILES string of the molecule is CCc1ccc(N2C(=O)[C@@H]3[C@@H](N=NN3CC(=O)N3N=C4/C(=C/c5ccc(Cl)cc5Cl)CCC[C@@H]4[C@@H]3c3ccc(Cl)cc3Cl)C2=O)cc1. The molecule has 0 radical (unpaired) electrons. The van der Waals surface area contributed by atoms with Crippen LogP contribution in [0.4, 0.5) is 5.69 Å². The first-order valence-electron chi connectivity index (χ1n) is 15.3. The standard InChI is InChI=1S/C34H28Cl4N6O3/c1-2-18-6-11-23(12-7-18)43-33(46)30-32(34(43)47)42(41-39-30)17-28(45)44-31(24-13-10-22(36)16-27(24)38)25-5-3-4-20(29(25)40-44)14-19-8-9-21(35)15-26(19)37/h6-16,25,30-32H,2-5,17H2,1H3/b20-14+/t25-,30+,31-,32-/m0/s1. The van der Waals surface area contributed by atoms with Gasteiger partial charge in [-0.3, -0.25) is 19.4 Å². The number of carbonyl (C=O) groups excluding carboxylic acids is 3. The lowest BCUT2D eigenvalue weighted by Gasteiger charge is -2.31. The fourth-order valence-electron chi connectivity index (χ4n) is 6.76. The number of aryl methyl sites for hydroxylation is 1. The Morgan fingerprint density at radius 3 is 2.34 bits per heavy atom. The number of fused-ring (bicyclic) bond motifs is 2. The van der Waals surface area contributed by atoms with Crippen molar-refractivity contribution in [2.45, 2.75) is 50.7 Å². The second-order valence-electron chi connectivity index (χ2n) is 11.9. The first kappa shape index (κ1) is 31.8. The molecular formula is C34H28Cl4N6O3. The Labute approximate surface area is 291 Å².